The molecule has 6 nitrogen and oxygen atoms in total. The Hall–Kier alpha value is -2.22. The number of rotatable bonds is 3. The van der Waals surface area contributed by atoms with Crippen molar-refractivity contribution in [2.75, 3.05) is 0 Å². The molecule has 1 aromatic carbocycles. The van der Waals surface area contributed by atoms with Gasteiger partial charge >= 0.3 is 6.01 Å². The summed E-state index contributed by atoms with van der Waals surface area (Å²) in [5, 5.41) is 4.60. The second kappa shape index (κ2) is 5.77. The fourth-order valence-corrected chi connectivity index (χ4v) is 2.41. The number of ether oxygens (including phenoxy) is 1. The fraction of sp³-hybridized carbons (Fsp3) is 0.267. The maximum absolute atomic E-state index is 13.6. The zero-order valence-corrected chi connectivity index (χ0v) is 14.3. The zero-order valence-electron chi connectivity index (χ0n) is 12.7. The Bertz CT molecular complexity index is 949. The lowest BCUT2D eigenvalue weighted by molar-refractivity contribution is 0.410. The summed E-state index contributed by atoms with van der Waals surface area (Å²) in [6.07, 6.45) is 1.49. The molecule has 0 spiro atoms. The van der Waals surface area contributed by atoms with Crippen LogP contribution in [-0.2, 0) is 7.05 Å². The van der Waals surface area contributed by atoms with Gasteiger partial charge in [-0.1, -0.05) is 0 Å². The van der Waals surface area contributed by atoms with Crippen LogP contribution in [0.3, 0.4) is 0 Å². The third-order valence-corrected chi connectivity index (χ3v) is 4.03. The van der Waals surface area contributed by atoms with E-state index in [1.165, 1.54) is 22.9 Å². The van der Waals surface area contributed by atoms with E-state index in [2.05, 4.69) is 26.0 Å². The molecule has 23 heavy (non-hydrogen) atoms. The molecule has 0 bridgehead atoms. The lowest BCUT2D eigenvalue weighted by atomic mass is 10.3. The summed E-state index contributed by atoms with van der Waals surface area (Å²) in [7, 11) is 1.55. The molecule has 0 aliphatic heterocycles. The van der Waals surface area contributed by atoms with Gasteiger partial charge in [-0.2, -0.15) is 10.1 Å². The molecule has 0 aliphatic carbocycles. The first-order valence-corrected chi connectivity index (χ1v) is 7.75. The van der Waals surface area contributed by atoms with Crippen molar-refractivity contribution in [3.8, 4) is 11.8 Å². The van der Waals surface area contributed by atoms with E-state index in [0.29, 0.717) is 15.5 Å². The fourth-order valence-electron chi connectivity index (χ4n) is 2.17. The van der Waals surface area contributed by atoms with Crippen LogP contribution < -0.4 is 10.3 Å². The number of hydrogen-bond acceptors (Lipinski definition) is 4. The maximum Gasteiger partial charge on any atom is 0.306 e. The lowest BCUT2D eigenvalue weighted by Crippen LogP contribution is -2.20. The molecule has 3 rings (SSSR count). The molecule has 0 unspecified atom stereocenters. The number of halogens is 2. The molecule has 0 radical (unpaired) electrons. The molecule has 3 aromatic rings. The predicted octanol–water partition coefficient (Wildman–Crippen LogP) is 3.40. The third kappa shape index (κ3) is 2.74. The average molecular weight is 381 g/mol. The highest BCUT2D eigenvalue weighted by molar-refractivity contribution is 9.10. The molecule has 0 aliphatic rings. The van der Waals surface area contributed by atoms with Crippen molar-refractivity contribution in [3.63, 3.8) is 0 Å². The minimum absolute atomic E-state index is 0.0464. The van der Waals surface area contributed by atoms with Crippen molar-refractivity contribution >= 4 is 27.0 Å². The van der Waals surface area contributed by atoms with Gasteiger partial charge in [-0.05, 0) is 41.9 Å². The number of fused-ring (bicyclic) bond motifs is 1. The summed E-state index contributed by atoms with van der Waals surface area (Å²) in [5.41, 5.74) is 0.171. The van der Waals surface area contributed by atoms with Gasteiger partial charge in [0.25, 0.3) is 5.56 Å². The molecule has 120 valence electrons. The van der Waals surface area contributed by atoms with E-state index in [1.54, 1.807) is 17.8 Å². The Labute approximate surface area is 139 Å². The van der Waals surface area contributed by atoms with Gasteiger partial charge in [0, 0.05) is 19.2 Å². The highest BCUT2D eigenvalue weighted by atomic mass is 79.9. The highest BCUT2D eigenvalue weighted by Gasteiger charge is 2.16. The third-order valence-electron chi connectivity index (χ3n) is 3.38. The van der Waals surface area contributed by atoms with Gasteiger partial charge in [0.15, 0.2) is 5.65 Å². The molecule has 0 N–H and O–H groups in total. The van der Waals surface area contributed by atoms with Crippen molar-refractivity contribution in [1.82, 2.24) is 19.3 Å². The van der Waals surface area contributed by atoms with E-state index in [4.69, 9.17) is 4.74 Å². The molecule has 0 amide bonds. The number of nitrogens with zero attached hydrogens (tertiary/aromatic N) is 4. The quantitative estimate of drug-likeness (QED) is 0.698. The average Bonchev–Trinajstić information content (AvgIpc) is 2.92. The lowest BCUT2D eigenvalue weighted by Gasteiger charge is -2.11. The van der Waals surface area contributed by atoms with Crippen LogP contribution in [-0.4, -0.2) is 19.3 Å². The van der Waals surface area contributed by atoms with Crippen molar-refractivity contribution in [1.29, 1.82) is 0 Å². The Morgan fingerprint density at radius 2 is 2.09 bits per heavy atom. The van der Waals surface area contributed by atoms with Crippen LogP contribution in [0.1, 0.15) is 19.9 Å². The number of aromatic nitrogens is 4. The molecule has 0 saturated heterocycles. The second-order valence-electron chi connectivity index (χ2n) is 5.36. The van der Waals surface area contributed by atoms with Crippen molar-refractivity contribution in [3.05, 3.63) is 45.0 Å². The van der Waals surface area contributed by atoms with Crippen LogP contribution >= 0.6 is 15.9 Å². The minimum atomic E-state index is -0.458. The topological polar surface area (TPSA) is 61.9 Å². The van der Waals surface area contributed by atoms with Crippen LogP contribution in [0, 0.1) is 5.82 Å². The SMILES string of the molecule is CC(C)n1ncc2c(=O)n(C)c(Oc3ccc(Br)c(F)c3)nc21. The number of benzene rings is 1. The molecular weight excluding hydrogens is 367 g/mol. The minimum Gasteiger partial charge on any atom is -0.425 e. The largest absolute Gasteiger partial charge is 0.425 e. The summed E-state index contributed by atoms with van der Waals surface area (Å²) in [6, 6.07) is 4.46. The predicted molar refractivity (Wildman–Crippen MR) is 87.3 cm³/mol. The summed E-state index contributed by atoms with van der Waals surface area (Å²) in [6.45, 7) is 3.88. The van der Waals surface area contributed by atoms with Gasteiger partial charge in [0.1, 0.15) is 17.0 Å². The summed E-state index contributed by atoms with van der Waals surface area (Å²) in [4.78, 5) is 16.8. The first-order chi connectivity index (χ1) is 10.9. The normalized spacial score (nSPS) is 11.4. The Kier molecular flexibility index (Phi) is 3.93. The van der Waals surface area contributed by atoms with Crippen LogP contribution in [0.15, 0.2) is 33.7 Å². The summed E-state index contributed by atoms with van der Waals surface area (Å²) >= 11 is 3.08. The van der Waals surface area contributed by atoms with Crippen molar-refractivity contribution in [2.45, 2.75) is 19.9 Å². The summed E-state index contributed by atoms with van der Waals surface area (Å²) < 4.78 is 22.4. The van der Waals surface area contributed by atoms with E-state index >= 15 is 0 Å². The van der Waals surface area contributed by atoms with E-state index < -0.39 is 5.82 Å². The molecule has 8 heteroatoms. The standard InChI is InChI=1S/C15H14BrFN4O2/c1-8(2)21-13-10(7-18-21)14(22)20(3)15(19-13)23-9-4-5-11(16)12(17)6-9/h4-8H,1-3H3. The first-order valence-electron chi connectivity index (χ1n) is 6.95. The smallest absolute Gasteiger partial charge is 0.306 e. The van der Waals surface area contributed by atoms with Crippen molar-refractivity contribution < 1.29 is 9.13 Å². The molecule has 2 heterocycles. The van der Waals surface area contributed by atoms with Crippen LogP contribution in [0.5, 0.6) is 11.8 Å². The molecular formula is C15H14BrFN4O2. The maximum atomic E-state index is 13.6. The van der Waals surface area contributed by atoms with Gasteiger partial charge in [0.2, 0.25) is 0 Å². The van der Waals surface area contributed by atoms with Gasteiger partial charge in [-0.3, -0.25) is 9.36 Å². The van der Waals surface area contributed by atoms with Gasteiger partial charge < -0.3 is 4.74 Å². The monoisotopic (exact) mass is 380 g/mol. The van der Waals surface area contributed by atoms with Gasteiger partial charge in [-0.15, -0.1) is 0 Å². The first kappa shape index (κ1) is 15.7. The molecule has 0 atom stereocenters. The summed E-state index contributed by atoms with van der Waals surface area (Å²) in [5.74, 6) is -0.205. The second-order valence-corrected chi connectivity index (χ2v) is 6.21. The van der Waals surface area contributed by atoms with Gasteiger partial charge in [0.05, 0.1) is 10.7 Å². The highest BCUT2D eigenvalue weighted by Crippen LogP contribution is 2.25. The van der Waals surface area contributed by atoms with E-state index in [-0.39, 0.29) is 23.4 Å². The van der Waals surface area contributed by atoms with Crippen LogP contribution in [0.4, 0.5) is 4.39 Å². The molecule has 0 saturated carbocycles. The van der Waals surface area contributed by atoms with E-state index in [1.807, 2.05) is 13.8 Å². The van der Waals surface area contributed by atoms with Crippen molar-refractivity contribution in [2.24, 2.45) is 7.05 Å². The van der Waals surface area contributed by atoms with E-state index in [0.717, 1.165) is 0 Å². The molecule has 0 fully saturated rings. The van der Waals surface area contributed by atoms with Crippen LogP contribution in [0.2, 0.25) is 0 Å². The van der Waals surface area contributed by atoms with Crippen LogP contribution in [0.25, 0.3) is 11.0 Å². The zero-order chi connectivity index (χ0) is 16.7. The molecule has 2 aromatic heterocycles. The number of hydrogen-bond donors (Lipinski definition) is 0. The van der Waals surface area contributed by atoms with Gasteiger partial charge in [-0.25, -0.2) is 9.07 Å². The Morgan fingerprint density at radius 1 is 1.35 bits per heavy atom. The Balaban J connectivity index is 2.13. The van der Waals surface area contributed by atoms with E-state index in [9.17, 15) is 9.18 Å². The Morgan fingerprint density at radius 3 is 2.74 bits per heavy atom.